The minimum absolute atomic E-state index is 0.0789. The van der Waals surface area contributed by atoms with Gasteiger partial charge in [0, 0.05) is 30.5 Å². The van der Waals surface area contributed by atoms with Gasteiger partial charge < -0.3 is 10.2 Å². The van der Waals surface area contributed by atoms with Crippen molar-refractivity contribution in [3.05, 3.63) is 42.7 Å². The van der Waals surface area contributed by atoms with E-state index < -0.39 is 6.04 Å². The van der Waals surface area contributed by atoms with Crippen LogP contribution >= 0.6 is 0 Å². The molecule has 1 aliphatic rings. The second-order valence-corrected chi connectivity index (χ2v) is 5.87. The van der Waals surface area contributed by atoms with Gasteiger partial charge in [0.2, 0.25) is 5.91 Å². The molecule has 1 unspecified atom stereocenters. The number of aromatic nitrogens is 1. The number of carbonyl (C=O) groups excluding carboxylic acids is 2. The van der Waals surface area contributed by atoms with Gasteiger partial charge in [0.15, 0.2) is 0 Å². The summed E-state index contributed by atoms with van der Waals surface area (Å²) >= 11 is 0. The van der Waals surface area contributed by atoms with Crippen LogP contribution in [0, 0.1) is 0 Å². The molecule has 23 heavy (non-hydrogen) atoms. The molecular formula is C18H25N3O2. The molecule has 5 heteroatoms. The lowest BCUT2D eigenvalue weighted by molar-refractivity contribution is -0.126. The van der Waals surface area contributed by atoms with Gasteiger partial charge in [0.1, 0.15) is 6.04 Å². The first-order chi connectivity index (χ1) is 11.2. The van der Waals surface area contributed by atoms with Crippen LogP contribution < -0.4 is 5.32 Å². The van der Waals surface area contributed by atoms with E-state index in [2.05, 4.69) is 23.8 Å². The molecule has 0 aromatic carbocycles. The lowest BCUT2D eigenvalue weighted by atomic mass is 10.1. The SMILES string of the molecule is C=CCNC(=O)C(CCCC)N(C(=O)c1ccncc1)C1CC1. The summed E-state index contributed by atoms with van der Waals surface area (Å²) in [5.41, 5.74) is 0.588. The zero-order valence-corrected chi connectivity index (χ0v) is 13.7. The van der Waals surface area contributed by atoms with Crippen molar-refractivity contribution in [3.63, 3.8) is 0 Å². The van der Waals surface area contributed by atoms with Gasteiger partial charge in [-0.15, -0.1) is 6.58 Å². The van der Waals surface area contributed by atoms with Crippen LogP contribution in [0.4, 0.5) is 0 Å². The Morgan fingerprint density at radius 2 is 2.13 bits per heavy atom. The van der Waals surface area contributed by atoms with Crippen molar-refractivity contribution < 1.29 is 9.59 Å². The van der Waals surface area contributed by atoms with Crippen LogP contribution in [0.5, 0.6) is 0 Å². The van der Waals surface area contributed by atoms with Gasteiger partial charge >= 0.3 is 0 Å². The molecule has 1 aromatic heterocycles. The highest BCUT2D eigenvalue weighted by molar-refractivity contribution is 5.97. The molecule has 0 spiro atoms. The lowest BCUT2D eigenvalue weighted by Gasteiger charge is -2.31. The summed E-state index contributed by atoms with van der Waals surface area (Å²) in [6.07, 6.45) is 9.40. The highest BCUT2D eigenvalue weighted by Crippen LogP contribution is 2.31. The zero-order chi connectivity index (χ0) is 16.7. The summed E-state index contributed by atoms with van der Waals surface area (Å²) in [4.78, 5) is 31.2. The molecule has 1 aliphatic carbocycles. The number of pyridine rings is 1. The van der Waals surface area contributed by atoms with E-state index in [1.807, 2.05) is 0 Å². The van der Waals surface area contributed by atoms with Crippen molar-refractivity contribution in [1.29, 1.82) is 0 Å². The molecule has 1 saturated carbocycles. The summed E-state index contributed by atoms with van der Waals surface area (Å²) in [7, 11) is 0. The number of nitrogens with zero attached hydrogens (tertiary/aromatic N) is 2. The third kappa shape index (κ3) is 4.65. The third-order valence-electron chi connectivity index (χ3n) is 3.99. The summed E-state index contributed by atoms with van der Waals surface area (Å²) in [5.74, 6) is -0.169. The van der Waals surface area contributed by atoms with Crippen LogP contribution in [-0.4, -0.2) is 40.3 Å². The minimum atomic E-state index is -0.414. The number of rotatable bonds is 9. The van der Waals surface area contributed by atoms with Gasteiger partial charge in [0.25, 0.3) is 5.91 Å². The van der Waals surface area contributed by atoms with E-state index in [1.54, 1.807) is 35.5 Å². The molecule has 5 nitrogen and oxygen atoms in total. The van der Waals surface area contributed by atoms with Gasteiger partial charge in [-0.05, 0) is 31.4 Å². The van der Waals surface area contributed by atoms with Crippen LogP contribution in [0.1, 0.15) is 49.4 Å². The minimum Gasteiger partial charge on any atom is -0.351 e. The molecule has 1 N–H and O–H groups in total. The molecule has 0 aliphatic heterocycles. The van der Waals surface area contributed by atoms with Gasteiger partial charge in [-0.2, -0.15) is 0 Å². The molecule has 2 amide bonds. The first-order valence-corrected chi connectivity index (χ1v) is 8.30. The fourth-order valence-electron chi connectivity index (χ4n) is 2.64. The summed E-state index contributed by atoms with van der Waals surface area (Å²) in [6.45, 7) is 6.14. The monoisotopic (exact) mass is 315 g/mol. The molecule has 0 saturated heterocycles. The van der Waals surface area contributed by atoms with E-state index in [9.17, 15) is 9.59 Å². The Kier molecular flexibility index (Phi) is 6.32. The van der Waals surface area contributed by atoms with E-state index in [0.29, 0.717) is 18.5 Å². The topological polar surface area (TPSA) is 62.3 Å². The standard InChI is InChI=1S/C18H25N3O2/c1-3-5-6-16(17(22)20-11-4-2)21(15-7-8-15)18(23)14-9-12-19-13-10-14/h4,9-10,12-13,15-16H,2-3,5-8,11H2,1H3,(H,20,22). The van der Waals surface area contributed by atoms with Crippen molar-refractivity contribution in [3.8, 4) is 0 Å². The van der Waals surface area contributed by atoms with Gasteiger partial charge in [-0.1, -0.05) is 25.8 Å². The Morgan fingerprint density at radius 3 is 2.70 bits per heavy atom. The molecule has 0 bridgehead atoms. The molecule has 0 radical (unpaired) electrons. The van der Waals surface area contributed by atoms with Gasteiger partial charge in [0.05, 0.1) is 0 Å². The molecule has 1 fully saturated rings. The number of nitrogens with one attached hydrogen (secondary N) is 1. The predicted octanol–water partition coefficient (Wildman–Crippen LogP) is 2.55. The second kappa shape index (κ2) is 8.46. The van der Waals surface area contributed by atoms with E-state index in [1.165, 1.54) is 0 Å². The van der Waals surface area contributed by atoms with Gasteiger partial charge in [-0.3, -0.25) is 14.6 Å². The number of hydrogen-bond donors (Lipinski definition) is 1. The van der Waals surface area contributed by atoms with Crippen LogP contribution in [0.25, 0.3) is 0 Å². The highest BCUT2D eigenvalue weighted by Gasteiger charge is 2.40. The smallest absolute Gasteiger partial charge is 0.254 e. The molecule has 1 aromatic rings. The van der Waals surface area contributed by atoms with Crippen molar-refractivity contribution in [2.45, 2.75) is 51.1 Å². The van der Waals surface area contributed by atoms with E-state index in [-0.39, 0.29) is 17.9 Å². The Balaban J connectivity index is 2.21. The van der Waals surface area contributed by atoms with Crippen molar-refractivity contribution in [2.75, 3.05) is 6.54 Å². The fourth-order valence-corrected chi connectivity index (χ4v) is 2.64. The zero-order valence-electron chi connectivity index (χ0n) is 13.7. The molecular weight excluding hydrogens is 290 g/mol. The third-order valence-corrected chi connectivity index (χ3v) is 3.99. The van der Waals surface area contributed by atoms with Gasteiger partial charge in [-0.25, -0.2) is 0 Å². The van der Waals surface area contributed by atoms with Crippen molar-refractivity contribution in [1.82, 2.24) is 15.2 Å². The molecule has 124 valence electrons. The molecule has 1 atom stereocenters. The number of unbranched alkanes of at least 4 members (excludes halogenated alkanes) is 1. The average Bonchev–Trinajstić information content (AvgIpc) is 3.41. The molecule has 1 heterocycles. The number of hydrogen-bond acceptors (Lipinski definition) is 3. The van der Waals surface area contributed by atoms with Crippen molar-refractivity contribution in [2.24, 2.45) is 0 Å². The maximum absolute atomic E-state index is 12.9. The highest BCUT2D eigenvalue weighted by atomic mass is 16.2. The number of amides is 2. The Bertz CT molecular complexity index is 540. The maximum Gasteiger partial charge on any atom is 0.254 e. The predicted molar refractivity (Wildman–Crippen MR) is 89.9 cm³/mol. The Morgan fingerprint density at radius 1 is 1.43 bits per heavy atom. The average molecular weight is 315 g/mol. The normalized spacial score (nSPS) is 14.8. The van der Waals surface area contributed by atoms with Crippen LogP contribution in [0.2, 0.25) is 0 Å². The first-order valence-electron chi connectivity index (χ1n) is 8.30. The summed E-state index contributed by atoms with van der Waals surface area (Å²) in [5, 5.41) is 2.85. The Hall–Kier alpha value is -2.17. The second-order valence-electron chi connectivity index (χ2n) is 5.87. The van der Waals surface area contributed by atoms with E-state index >= 15 is 0 Å². The lowest BCUT2D eigenvalue weighted by Crippen LogP contribution is -2.50. The van der Waals surface area contributed by atoms with E-state index in [0.717, 1.165) is 25.7 Å². The summed E-state index contributed by atoms with van der Waals surface area (Å²) in [6, 6.07) is 3.17. The van der Waals surface area contributed by atoms with Crippen molar-refractivity contribution >= 4 is 11.8 Å². The first kappa shape index (κ1) is 17.2. The van der Waals surface area contributed by atoms with Crippen LogP contribution in [0.3, 0.4) is 0 Å². The summed E-state index contributed by atoms with van der Waals surface area (Å²) < 4.78 is 0. The fraction of sp³-hybridized carbons (Fsp3) is 0.500. The quantitative estimate of drug-likeness (QED) is 0.712. The number of carbonyl (C=O) groups is 2. The largest absolute Gasteiger partial charge is 0.351 e. The van der Waals surface area contributed by atoms with E-state index in [4.69, 9.17) is 0 Å². The van der Waals surface area contributed by atoms with Crippen LogP contribution in [0.15, 0.2) is 37.2 Å². The Labute approximate surface area is 137 Å². The van der Waals surface area contributed by atoms with Crippen LogP contribution in [-0.2, 0) is 4.79 Å². The maximum atomic E-state index is 12.9. The molecule has 2 rings (SSSR count).